The molecule has 0 spiro atoms. The lowest BCUT2D eigenvalue weighted by atomic mass is 10.1. The van der Waals surface area contributed by atoms with Crippen LogP contribution in [-0.2, 0) is 5.33 Å². The molecule has 1 heterocycles. The third-order valence-electron chi connectivity index (χ3n) is 2.17. The highest BCUT2D eigenvalue weighted by molar-refractivity contribution is 9.08. The van der Waals surface area contributed by atoms with Gasteiger partial charge in [-0.05, 0) is 28.5 Å². The van der Waals surface area contributed by atoms with E-state index in [0.29, 0.717) is 16.6 Å². The molecule has 2 nitrogen and oxygen atoms in total. The van der Waals surface area contributed by atoms with Crippen molar-refractivity contribution in [1.29, 1.82) is 0 Å². The summed E-state index contributed by atoms with van der Waals surface area (Å²) in [5, 5.41) is 3.77. The zero-order chi connectivity index (χ0) is 10.1. The summed E-state index contributed by atoms with van der Waals surface area (Å²) in [5.74, 6) is 0. The van der Waals surface area contributed by atoms with Gasteiger partial charge in [0.1, 0.15) is 0 Å². The first-order chi connectivity index (χ1) is 6.77. The fraction of sp³-hybridized carbons (Fsp3) is 0.100. The predicted octanol–water partition coefficient (Wildman–Crippen LogP) is 3.19. The number of alkyl halides is 1. The minimum Gasteiger partial charge on any atom is -0.398 e. The minimum absolute atomic E-state index is 0.676. The van der Waals surface area contributed by atoms with Crippen LogP contribution < -0.4 is 5.73 Å². The molecule has 0 aliphatic carbocycles. The van der Waals surface area contributed by atoms with Crippen molar-refractivity contribution in [1.82, 2.24) is 0 Å². The molecule has 0 aliphatic heterocycles. The number of anilines is 1. The molecule has 2 rings (SSSR count). The quantitative estimate of drug-likeness (QED) is 0.517. The van der Waals surface area contributed by atoms with Gasteiger partial charge in [-0.3, -0.25) is 4.79 Å². The lowest BCUT2D eigenvalue weighted by Gasteiger charge is -2.05. The Hall–Kier alpha value is -0.870. The van der Waals surface area contributed by atoms with Crippen LogP contribution in [0, 0.1) is 0 Å². The molecule has 0 bridgehead atoms. The first-order valence-electron chi connectivity index (χ1n) is 4.07. The number of aldehydes is 1. The average molecular weight is 270 g/mol. The number of hydrogen-bond acceptors (Lipinski definition) is 3. The van der Waals surface area contributed by atoms with Crippen LogP contribution in [0.2, 0.25) is 0 Å². The molecule has 0 aliphatic rings. The number of benzene rings is 1. The molecule has 0 amide bonds. The van der Waals surface area contributed by atoms with E-state index in [0.717, 1.165) is 21.9 Å². The van der Waals surface area contributed by atoms with Crippen LogP contribution in [0.25, 0.3) is 10.1 Å². The number of rotatable bonds is 2. The molecule has 4 heteroatoms. The zero-order valence-corrected chi connectivity index (χ0v) is 9.69. The summed E-state index contributed by atoms with van der Waals surface area (Å²) in [4.78, 5) is 10.8. The van der Waals surface area contributed by atoms with Crippen LogP contribution in [0.3, 0.4) is 0 Å². The van der Waals surface area contributed by atoms with Gasteiger partial charge in [0.2, 0.25) is 0 Å². The van der Waals surface area contributed by atoms with Crippen molar-refractivity contribution in [3.63, 3.8) is 0 Å². The van der Waals surface area contributed by atoms with E-state index in [4.69, 9.17) is 5.73 Å². The first-order valence-corrected chi connectivity index (χ1v) is 6.07. The summed E-state index contributed by atoms with van der Waals surface area (Å²) in [6.45, 7) is 0. The molecule has 0 atom stereocenters. The Morgan fingerprint density at radius 3 is 3.00 bits per heavy atom. The second-order valence-electron chi connectivity index (χ2n) is 2.95. The topological polar surface area (TPSA) is 43.1 Å². The number of hydrogen-bond donors (Lipinski definition) is 1. The lowest BCUT2D eigenvalue weighted by Crippen LogP contribution is -1.94. The fourth-order valence-corrected chi connectivity index (χ4v) is 3.01. The average Bonchev–Trinajstić information content (AvgIpc) is 2.65. The number of fused-ring (bicyclic) bond motifs is 1. The van der Waals surface area contributed by atoms with Gasteiger partial charge in [-0.25, -0.2) is 0 Å². The van der Waals surface area contributed by atoms with E-state index in [1.165, 1.54) is 0 Å². The molecule has 72 valence electrons. The number of carbonyl (C=O) groups is 1. The van der Waals surface area contributed by atoms with E-state index in [-0.39, 0.29) is 0 Å². The molecule has 0 saturated carbocycles. The summed E-state index contributed by atoms with van der Waals surface area (Å²) in [7, 11) is 0. The third-order valence-corrected chi connectivity index (χ3v) is 3.70. The van der Waals surface area contributed by atoms with Crippen molar-refractivity contribution < 1.29 is 4.79 Å². The lowest BCUT2D eigenvalue weighted by molar-refractivity contribution is 0.112. The Bertz CT molecular complexity index is 492. The molecule has 14 heavy (non-hydrogen) atoms. The van der Waals surface area contributed by atoms with Crippen LogP contribution >= 0.6 is 27.3 Å². The van der Waals surface area contributed by atoms with E-state index < -0.39 is 0 Å². The Labute approximate surface area is 93.9 Å². The normalized spacial score (nSPS) is 10.6. The standard InChI is InChI=1S/C10H8BrNOS/c11-4-8-7-1-2-14-10(7)6(5-13)3-9(8)12/h1-3,5H,4,12H2. The molecule has 0 radical (unpaired) electrons. The molecule has 0 fully saturated rings. The highest BCUT2D eigenvalue weighted by atomic mass is 79.9. The van der Waals surface area contributed by atoms with Gasteiger partial charge in [-0.2, -0.15) is 0 Å². The van der Waals surface area contributed by atoms with Crippen LogP contribution in [0.5, 0.6) is 0 Å². The SMILES string of the molecule is Nc1cc(C=O)c2sccc2c1CBr. The molecule has 0 unspecified atom stereocenters. The second-order valence-corrected chi connectivity index (χ2v) is 4.43. The highest BCUT2D eigenvalue weighted by Crippen LogP contribution is 2.32. The van der Waals surface area contributed by atoms with Gasteiger partial charge in [-0.1, -0.05) is 15.9 Å². The maximum absolute atomic E-state index is 10.8. The van der Waals surface area contributed by atoms with Crippen molar-refractivity contribution in [2.45, 2.75) is 5.33 Å². The monoisotopic (exact) mass is 269 g/mol. The summed E-state index contributed by atoms with van der Waals surface area (Å²) in [6.07, 6.45) is 0.854. The van der Waals surface area contributed by atoms with Gasteiger partial charge in [-0.15, -0.1) is 11.3 Å². The third kappa shape index (κ3) is 1.35. The number of nitrogens with two attached hydrogens (primary N) is 1. The molecular weight excluding hydrogens is 262 g/mol. The summed E-state index contributed by atoms with van der Waals surface area (Å²) >= 11 is 4.97. The maximum Gasteiger partial charge on any atom is 0.151 e. The van der Waals surface area contributed by atoms with Crippen molar-refractivity contribution in [2.75, 3.05) is 5.73 Å². The molecule has 0 saturated heterocycles. The number of nitrogen functional groups attached to an aromatic ring is 1. The van der Waals surface area contributed by atoms with E-state index in [9.17, 15) is 4.79 Å². The molecular formula is C10H8BrNOS. The van der Waals surface area contributed by atoms with Gasteiger partial charge >= 0.3 is 0 Å². The van der Waals surface area contributed by atoms with Gasteiger partial charge in [0.25, 0.3) is 0 Å². The van der Waals surface area contributed by atoms with E-state index in [1.807, 2.05) is 11.4 Å². The summed E-state index contributed by atoms with van der Waals surface area (Å²) < 4.78 is 1.02. The van der Waals surface area contributed by atoms with Gasteiger partial charge in [0, 0.05) is 21.3 Å². The van der Waals surface area contributed by atoms with Gasteiger partial charge in [0.15, 0.2) is 6.29 Å². The zero-order valence-electron chi connectivity index (χ0n) is 7.29. The molecule has 1 aromatic heterocycles. The number of halogens is 1. The minimum atomic E-state index is 0.676. The Morgan fingerprint density at radius 2 is 2.36 bits per heavy atom. The summed E-state index contributed by atoms with van der Waals surface area (Å²) in [5.41, 5.74) is 8.26. The molecule has 2 aromatic rings. The van der Waals surface area contributed by atoms with Crippen LogP contribution in [-0.4, -0.2) is 6.29 Å². The Balaban J connectivity index is 2.88. The van der Waals surface area contributed by atoms with Gasteiger partial charge < -0.3 is 5.73 Å². The molecule has 1 aromatic carbocycles. The van der Waals surface area contributed by atoms with E-state index in [2.05, 4.69) is 15.9 Å². The van der Waals surface area contributed by atoms with Crippen LogP contribution in [0.15, 0.2) is 17.5 Å². The van der Waals surface area contributed by atoms with Crippen LogP contribution in [0.4, 0.5) is 5.69 Å². The highest BCUT2D eigenvalue weighted by Gasteiger charge is 2.09. The van der Waals surface area contributed by atoms with Crippen molar-refractivity contribution >= 4 is 49.3 Å². The maximum atomic E-state index is 10.8. The second kappa shape index (κ2) is 3.71. The number of carbonyl (C=O) groups excluding carboxylic acids is 1. The number of thiophene rings is 1. The van der Waals surface area contributed by atoms with Crippen molar-refractivity contribution in [2.24, 2.45) is 0 Å². The Kier molecular flexibility index (Phi) is 2.56. The Morgan fingerprint density at radius 1 is 1.57 bits per heavy atom. The van der Waals surface area contributed by atoms with Crippen molar-refractivity contribution in [3.8, 4) is 0 Å². The predicted molar refractivity (Wildman–Crippen MR) is 64.3 cm³/mol. The fourth-order valence-electron chi connectivity index (χ4n) is 1.48. The van der Waals surface area contributed by atoms with E-state index in [1.54, 1.807) is 17.4 Å². The first kappa shape index (κ1) is 9.68. The smallest absolute Gasteiger partial charge is 0.151 e. The van der Waals surface area contributed by atoms with Gasteiger partial charge in [0.05, 0.1) is 0 Å². The van der Waals surface area contributed by atoms with Crippen LogP contribution in [0.1, 0.15) is 15.9 Å². The molecule has 2 N–H and O–H groups in total. The van der Waals surface area contributed by atoms with E-state index >= 15 is 0 Å². The largest absolute Gasteiger partial charge is 0.398 e. The van der Waals surface area contributed by atoms with Crippen molar-refractivity contribution in [3.05, 3.63) is 28.6 Å². The summed E-state index contributed by atoms with van der Waals surface area (Å²) in [6, 6.07) is 3.74.